The number of rotatable bonds is 6. The highest BCUT2D eigenvalue weighted by Gasteiger charge is 2.25. The third kappa shape index (κ3) is 4.92. The summed E-state index contributed by atoms with van der Waals surface area (Å²) < 4.78 is 0. The third-order valence-electron chi connectivity index (χ3n) is 4.45. The van der Waals surface area contributed by atoms with Crippen molar-refractivity contribution < 1.29 is 9.59 Å². The summed E-state index contributed by atoms with van der Waals surface area (Å²) in [4.78, 5) is 26.7. The molecule has 0 fully saturated rings. The van der Waals surface area contributed by atoms with Gasteiger partial charge in [0.1, 0.15) is 6.04 Å². The quantitative estimate of drug-likeness (QED) is 0.880. The Morgan fingerprint density at radius 3 is 2.44 bits per heavy atom. The average Bonchev–Trinajstić information content (AvgIpc) is 2.60. The van der Waals surface area contributed by atoms with Crippen molar-refractivity contribution in [2.24, 2.45) is 0 Å². The van der Waals surface area contributed by atoms with Gasteiger partial charge in [-0.2, -0.15) is 0 Å². The van der Waals surface area contributed by atoms with Crippen molar-refractivity contribution in [3.8, 4) is 0 Å². The van der Waals surface area contributed by atoms with Crippen molar-refractivity contribution in [1.29, 1.82) is 0 Å². The molecular weight excluding hydrogens is 312 g/mol. The van der Waals surface area contributed by atoms with E-state index in [0.717, 1.165) is 22.3 Å². The molecule has 1 atom stereocenters. The minimum atomic E-state index is -0.526. The van der Waals surface area contributed by atoms with E-state index >= 15 is 0 Å². The minimum absolute atomic E-state index is 0.0492. The highest BCUT2D eigenvalue weighted by atomic mass is 16.2. The van der Waals surface area contributed by atoms with Crippen molar-refractivity contribution in [3.05, 3.63) is 70.8 Å². The molecule has 0 bridgehead atoms. The molecule has 0 aromatic heterocycles. The van der Waals surface area contributed by atoms with Gasteiger partial charge in [0.05, 0.1) is 6.42 Å². The lowest BCUT2D eigenvalue weighted by Crippen LogP contribution is -2.47. The van der Waals surface area contributed by atoms with Crippen molar-refractivity contribution in [2.75, 3.05) is 7.05 Å². The van der Waals surface area contributed by atoms with E-state index < -0.39 is 6.04 Å². The van der Waals surface area contributed by atoms with Crippen LogP contribution < -0.4 is 5.32 Å². The Hall–Kier alpha value is -2.62. The van der Waals surface area contributed by atoms with Gasteiger partial charge in [0.25, 0.3) is 0 Å². The summed E-state index contributed by atoms with van der Waals surface area (Å²) in [6.07, 6.45) is 0.291. The van der Waals surface area contributed by atoms with Crippen molar-refractivity contribution in [3.63, 3.8) is 0 Å². The van der Waals surface area contributed by atoms with Crippen LogP contribution in [0.25, 0.3) is 0 Å². The molecule has 2 aromatic rings. The van der Waals surface area contributed by atoms with Crippen molar-refractivity contribution in [1.82, 2.24) is 10.2 Å². The maximum Gasteiger partial charge on any atom is 0.242 e. The molecule has 0 unspecified atom stereocenters. The Balaban J connectivity index is 2.25. The van der Waals surface area contributed by atoms with Gasteiger partial charge in [-0.25, -0.2) is 0 Å². The first-order valence-electron chi connectivity index (χ1n) is 8.53. The molecule has 0 radical (unpaired) electrons. The number of carbonyl (C=O) groups excluding carboxylic acids is 2. The molecule has 0 aliphatic heterocycles. The second-order valence-electron chi connectivity index (χ2n) is 6.40. The molecule has 25 heavy (non-hydrogen) atoms. The number of nitrogens with one attached hydrogen (secondary N) is 1. The zero-order chi connectivity index (χ0) is 18.4. The molecule has 2 rings (SSSR count). The van der Waals surface area contributed by atoms with Crippen LogP contribution in [-0.2, 0) is 22.6 Å². The van der Waals surface area contributed by atoms with E-state index in [4.69, 9.17) is 0 Å². The summed E-state index contributed by atoms with van der Waals surface area (Å²) in [5, 5.41) is 2.64. The smallest absolute Gasteiger partial charge is 0.242 e. The first-order chi connectivity index (χ1) is 11.9. The number of hydrogen-bond donors (Lipinski definition) is 1. The monoisotopic (exact) mass is 338 g/mol. The van der Waals surface area contributed by atoms with Gasteiger partial charge in [-0.3, -0.25) is 9.59 Å². The molecule has 0 spiro atoms. The lowest BCUT2D eigenvalue weighted by atomic mass is 10.0. The molecule has 0 saturated carbocycles. The van der Waals surface area contributed by atoms with Gasteiger partial charge in [0.15, 0.2) is 0 Å². The summed E-state index contributed by atoms with van der Waals surface area (Å²) in [5.74, 6) is -0.210. The standard InChI is InChI=1S/C21H26N2O2/c1-15-8-7-10-18(12-15)14-23(17(3)21(25)22-4)20(24)13-19-11-6-5-9-16(19)2/h5-12,17H,13-14H2,1-4H3,(H,22,25)/t17-/m0/s1. The van der Waals surface area contributed by atoms with E-state index in [2.05, 4.69) is 5.32 Å². The zero-order valence-electron chi connectivity index (χ0n) is 15.4. The summed E-state index contributed by atoms with van der Waals surface area (Å²) in [5.41, 5.74) is 4.23. The molecule has 1 N–H and O–H groups in total. The molecule has 0 aliphatic rings. The Kier molecular flexibility index (Phi) is 6.34. The summed E-state index contributed by atoms with van der Waals surface area (Å²) in [6.45, 7) is 6.20. The molecule has 0 aliphatic carbocycles. The summed E-state index contributed by atoms with van der Waals surface area (Å²) >= 11 is 0. The SMILES string of the molecule is CNC(=O)[C@H](C)N(Cc1cccc(C)c1)C(=O)Cc1ccccc1C. The maximum absolute atomic E-state index is 13.0. The van der Waals surface area contributed by atoms with Crippen LogP contribution in [0.15, 0.2) is 48.5 Å². The van der Waals surface area contributed by atoms with E-state index in [0.29, 0.717) is 13.0 Å². The lowest BCUT2D eigenvalue weighted by molar-refractivity contribution is -0.139. The number of nitrogens with zero attached hydrogens (tertiary/aromatic N) is 1. The minimum Gasteiger partial charge on any atom is -0.357 e. The van der Waals surface area contributed by atoms with Crippen LogP contribution in [0.2, 0.25) is 0 Å². The second kappa shape index (κ2) is 8.47. The average molecular weight is 338 g/mol. The second-order valence-corrected chi connectivity index (χ2v) is 6.40. The van der Waals surface area contributed by atoms with Gasteiger partial charge in [-0.1, -0.05) is 54.1 Å². The van der Waals surface area contributed by atoms with Crippen LogP contribution in [-0.4, -0.2) is 29.8 Å². The predicted molar refractivity (Wildman–Crippen MR) is 100 cm³/mol. The highest BCUT2D eigenvalue weighted by Crippen LogP contribution is 2.15. The Labute approximate surface area is 149 Å². The van der Waals surface area contributed by atoms with Gasteiger partial charge in [0.2, 0.25) is 11.8 Å². The van der Waals surface area contributed by atoms with Crippen LogP contribution in [0, 0.1) is 13.8 Å². The van der Waals surface area contributed by atoms with Crippen LogP contribution in [0.1, 0.15) is 29.2 Å². The Morgan fingerprint density at radius 2 is 1.80 bits per heavy atom. The molecule has 4 heteroatoms. The summed E-state index contributed by atoms with van der Waals surface area (Å²) in [7, 11) is 1.59. The number of benzene rings is 2. The normalized spacial score (nSPS) is 11.7. The predicted octanol–water partition coefficient (Wildman–Crippen LogP) is 3.01. The van der Waals surface area contributed by atoms with Gasteiger partial charge in [-0.15, -0.1) is 0 Å². The number of likely N-dealkylation sites (N-methyl/N-ethyl adjacent to an activating group) is 1. The van der Waals surface area contributed by atoms with E-state index in [1.165, 1.54) is 0 Å². The third-order valence-corrected chi connectivity index (χ3v) is 4.45. The molecule has 132 valence electrons. The fourth-order valence-corrected chi connectivity index (χ4v) is 2.87. The largest absolute Gasteiger partial charge is 0.357 e. The first-order valence-corrected chi connectivity index (χ1v) is 8.53. The van der Waals surface area contributed by atoms with Gasteiger partial charge in [-0.05, 0) is 37.5 Å². The van der Waals surface area contributed by atoms with E-state index in [1.54, 1.807) is 18.9 Å². The highest BCUT2D eigenvalue weighted by molar-refractivity contribution is 5.88. The molecular formula is C21H26N2O2. The first kappa shape index (κ1) is 18.7. The number of hydrogen-bond acceptors (Lipinski definition) is 2. The molecule has 2 aromatic carbocycles. The van der Waals surface area contributed by atoms with Gasteiger partial charge < -0.3 is 10.2 Å². The number of carbonyl (C=O) groups is 2. The number of amides is 2. The zero-order valence-corrected chi connectivity index (χ0v) is 15.4. The maximum atomic E-state index is 13.0. The molecule has 2 amide bonds. The van der Waals surface area contributed by atoms with Gasteiger partial charge >= 0.3 is 0 Å². The number of aryl methyl sites for hydroxylation is 2. The molecule has 0 heterocycles. The Bertz CT molecular complexity index is 755. The van der Waals surface area contributed by atoms with Gasteiger partial charge in [0, 0.05) is 13.6 Å². The van der Waals surface area contributed by atoms with Crippen molar-refractivity contribution >= 4 is 11.8 Å². The van der Waals surface area contributed by atoms with E-state index in [1.807, 2.05) is 62.4 Å². The summed E-state index contributed by atoms with van der Waals surface area (Å²) in [6, 6.07) is 15.3. The van der Waals surface area contributed by atoms with Crippen molar-refractivity contribution in [2.45, 2.75) is 39.8 Å². The van der Waals surface area contributed by atoms with Crippen LogP contribution in [0.3, 0.4) is 0 Å². The van der Waals surface area contributed by atoms with E-state index in [9.17, 15) is 9.59 Å². The van der Waals surface area contributed by atoms with Crippen LogP contribution >= 0.6 is 0 Å². The topological polar surface area (TPSA) is 49.4 Å². The fraction of sp³-hybridized carbons (Fsp3) is 0.333. The molecule has 4 nitrogen and oxygen atoms in total. The van der Waals surface area contributed by atoms with E-state index in [-0.39, 0.29) is 11.8 Å². The van der Waals surface area contributed by atoms with Crippen LogP contribution in [0.4, 0.5) is 0 Å². The fourth-order valence-electron chi connectivity index (χ4n) is 2.87. The lowest BCUT2D eigenvalue weighted by Gasteiger charge is -2.28. The Morgan fingerprint density at radius 1 is 1.08 bits per heavy atom. The molecule has 0 saturated heterocycles. The van der Waals surface area contributed by atoms with Crippen LogP contribution in [0.5, 0.6) is 0 Å².